The van der Waals surface area contributed by atoms with Crippen LogP contribution in [0.2, 0.25) is 0 Å². The molecule has 2 heteroatoms. The van der Waals surface area contributed by atoms with Crippen molar-refractivity contribution in [1.29, 1.82) is 0 Å². The Hall–Kier alpha value is -1.18. The first-order valence-electron chi connectivity index (χ1n) is 7.28. The quantitative estimate of drug-likeness (QED) is 0.862. The number of rotatable bonds is 4. The number of hydrogen-bond donors (Lipinski definition) is 1. The summed E-state index contributed by atoms with van der Waals surface area (Å²) >= 11 is 0. The van der Waals surface area contributed by atoms with Gasteiger partial charge < -0.3 is 10.2 Å². The number of aryl methyl sites for hydroxylation is 1. The Bertz CT molecular complexity index is 398. The van der Waals surface area contributed by atoms with Gasteiger partial charge in [0.1, 0.15) is 0 Å². The number of anilines is 2. The molecule has 1 heterocycles. The Morgan fingerprint density at radius 1 is 1.39 bits per heavy atom. The van der Waals surface area contributed by atoms with Gasteiger partial charge in [0.05, 0.1) is 0 Å². The lowest BCUT2D eigenvalue weighted by Crippen LogP contribution is -2.31. The van der Waals surface area contributed by atoms with E-state index in [9.17, 15) is 0 Å². The summed E-state index contributed by atoms with van der Waals surface area (Å²) < 4.78 is 0. The third kappa shape index (κ3) is 2.80. The second-order valence-electron chi connectivity index (χ2n) is 5.71. The molecule has 1 atom stereocenters. The molecule has 100 valence electrons. The molecule has 0 saturated heterocycles. The van der Waals surface area contributed by atoms with E-state index < -0.39 is 0 Å². The zero-order chi connectivity index (χ0) is 13.1. The van der Waals surface area contributed by atoms with Crippen molar-refractivity contribution in [3.63, 3.8) is 0 Å². The average molecular weight is 246 g/mol. The molecule has 0 radical (unpaired) electrons. The van der Waals surface area contributed by atoms with Crippen LogP contribution in [0.1, 0.15) is 46.1 Å². The maximum absolute atomic E-state index is 3.57. The summed E-state index contributed by atoms with van der Waals surface area (Å²) in [5.74, 6) is 0. The minimum absolute atomic E-state index is 0.568. The molecule has 2 rings (SSSR count). The summed E-state index contributed by atoms with van der Waals surface area (Å²) in [7, 11) is 0. The molecule has 1 aliphatic rings. The highest BCUT2D eigenvalue weighted by Crippen LogP contribution is 2.29. The Balaban J connectivity index is 2.24. The topological polar surface area (TPSA) is 15.3 Å². The highest BCUT2D eigenvalue weighted by atomic mass is 15.1. The van der Waals surface area contributed by atoms with Crippen LogP contribution < -0.4 is 10.2 Å². The van der Waals surface area contributed by atoms with Gasteiger partial charge in [-0.1, -0.05) is 6.92 Å². The number of nitrogens with zero attached hydrogens (tertiary/aromatic N) is 1. The van der Waals surface area contributed by atoms with Gasteiger partial charge in [0.2, 0.25) is 0 Å². The van der Waals surface area contributed by atoms with Crippen LogP contribution in [-0.4, -0.2) is 18.6 Å². The third-order valence-corrected chi connectivity index (χ3v) is 3.76. The van der Waals surface area contributed by atoms with Crippen LogP contribution in [0.3, 0.4) is 0 Å². The van der Waals surface area contributed by atoms with E-state index in [1.807, 2.05) is 0 Å². The first-order valence-corrected chi connectivity index (χ1v) is 7.28. The fourth-order valence-corrected chi connectivity index (χ4v) is 2.74. The van der Waals surface area contributed by atoms with Gasteiger partial charge in [-0.15, -0.1) is 0 Å². The second kappa shape index (κ2) is 5.64. The van der Waals surface area contributed by atoms with E-state index in [-0.39, 0.29) is 0 Å². The van der Waals surface area contributed by atoms with Crippen LogP contribution in [0.15, 0.2) is 18.2 Å². The van der Waals surface area contributed by atoms with Crippen LogP contribution in [0.5, 0.6) is 0 Å². The largest absolute Gasteiger partial charge is 0.382 e. The van der Waals surface area contributed by atoms with Gasteiger partial charge in [-0.3, -0.25) is 0 Å². The zero-order valence-corrected chi connectivity index (χ0v) is 12.2. The highest BCUT2D eigenvalue weighted by molar-refractivity contribution is 5.62. The summed E-state index contributed by atoms with van der Waals surface area (Å²) in [6, 6.07) is 8.08. The molecular weight excluding hydrogens is 220 g/mol. The molecule has 1 aliphatic heterocycles. The fraction of sp³-hybridized carbons (Fsp3) is 0.625. The number of nitrogens with one attached hydrogen (secondary N) is 1. The molecule has 0 fully saturated rings. The summed E-state index contributed by atoms with van der Waals surface area (Å²) in [5, 5.41) is 3.57. The van der Waals surface area contributed by atoms with E-state index >= 15 is 0 Å². The van der Waals surface area contributed by atoms with Crippen molar-refractivity contribution in [1.82, 2.24) is 0 Å². The molecule has 0 aromatic heterocycles. The van der Waals surface area contributed by atoms with E-state index in [1.54, 1.807) is 0 Å². The summed E-state index contributed by atoms with van der Waals surface area (Å²) in [6.45, 7) is 10.2. The van der Waals surface area contributed by atoms with Crippen LogP contribution in [0.4, 0.5) is 11.4 Å². The molecule has 2 nitrogen and oxygen atoms in total. The van der Waals surface area contributed by atoms with Crippen molar-refractivity contribution in [3.05, 3.63) is 23.8 Å². The molecule has 1 unspecified atom stereocenters. The summed E-state index contributed by atoms with van der Waals surface area (Å²) in [5.41, 5.74) is 4.19. The van der Waals surface area contributed by atoms with Gasteiger partial charge in [-0.2, -0.15) is 0 Å². The monoisotopic (exact) mass is 246 g/mol. The second-order valence-corrected chi connectivity index (χ2v) is 5.71. The Kier molecular flexibility index (Phi) is 4.15. The van der Waals surface area contributed by atoms with E-state index in [0.717, 1.165) is 6.54 Å². The van der Waals surface area contributed by atoms with Gasteiger partial charge in [-0.05, 0) is 63.8 Å². The van der Waals surface area contributed by atoms with E-state index in [4.69, 9.17) is 0 Å². The smallest absolute Gasteiger partial charge is 0.0376 e. The van der Waals surface area contributed by atoms with Crippen molar-refractivity contribution in [2.24, 2.45) is 0 Å². The zero-order valence-electron chi connectivity index (χ0n) is 12.2. The van der Waals surface area contributed by atoms with Gasteiger partial charge in [-0.25, -0.2) is 0 Å². The lowest BCUT2D eigenvalue weighted by molar-refractivity contribution is 0.664. The number of fused-ring (bicyclic) bond motifs is 1. The molecule has 0 spiro atoms. The van der Waals surface area contributed by atoms with Crippen LogP contribution in [0, 0.1) is 0 Å². The summed E-state index contributed by atoms with van der Waals surface area (Å²) in [4.78, 5) is 2.50. The van der Waals surface area contributed by atoms with Crippen molar-refractivity contribution >= 4 is 11.4 Å². The SMILES string of the molecule is CCCN(c1ccc2c(c1)CCC(C)N2)C(C)C. The Morgan fingerprint density at radius 3 is 2.83 bits per heavy atom. The molecule has 18 heavy (non-hydrogen) atoms. The number of benzene rings is 1. The molecule has 1 N–H and O–H groups in total. The normalized spacial score (nSPS) is 18.4. The molecule has 0 bridgehead atoms. The van der Waals surface area contributed by atoms with Crippen LogP contribution >= 0.6 is 0 Å². The molecule has 0 aliphatic carbocycles. The van der Waals surface area contributed by atoms with E-state index in [1.165, 1.54) is 36.2 Å². The lowest BCUT2D eigenvalue weighted by atomic mass is 9.98. The predicted molar refractivity (Wildman–Crippen MR) is 80.6 cm³/mol. The first-order chi connectivity index (χ1) is 8.61. The molecular formula is C16H26N2. The molecule has 1 aromatic rings. The van der Waals surface area contributed by atoms with Gasteiger partial charge >= 0.3 is 0 Å². The fourth-order valence-electron chi connectivity index (χ4n) is 2.74. The number of hydrogen-bond acceptors (Lipinski definition) is 2. The standard InChI is InChI=1S/C16H26N2/c1-5-10-18(12(2)3)15-8-9-16-14(11-15)7-6-13(4)17-16/h8-9,11-13,17H,5-7,10H2,1-4H3. The van der Waals surface area contributed by atoms with Crippen LogP contribution in [-0.2, 0) is 6.42 Å². The minimum atomic E-state index is 0.568. The van der Waals surface area contributed by atoms with Crippen molar-refractivity contribution < 1.29 is 0 Å². The van der Waals surface area contributed by atoms with E-state index in [2.05, 4.69) is 56.1 Å². The third-order valence-electron chi connectivity index (χ3n) is 3.76. The first kappa shape index (κ1) is 13.3. The van der Waals surface area contributed by atoms with Gasteiger partial charge in [0.15, 0.2) is 0 Å². The van der Waals surface area contributed by atoms with E-state index in [0.29, 0.717) is 12.1 Å². The van der Waals surface area contributed by atoms with Gasteiger partial charge in [0.25, 0.3) is 0 Å². The Morgan fingerprint density at radius 2 is 2.17 bits per heavy atom. The van der Waals surface area contributed by atoms with Crippen molar-refractivity contribution in [2.45, 2.75) is 59.0 Å². The predicted octanol–water partition coefficient (Wildman–Crippen LogP) is 4.06. The van der Waals surface area contributed by atoms with Gasteiger partial charge in [0, 0.05) is 30.0 Å². The molecule has 1 aromatic carbocycles. The molecule has 0 saturated carbocycles. The summed E-state index contributed by atoms with van der Waals surface area (Å²) in [6.07, 6.45) is 3.64. The maximum atomic E-state index is 3.57. The van der Waals surface area contributed by atoms with Crippen LogP contribution in [0.25, 0.3) is 0 Å². The lowest BCUT2D eigenvalue weighted by Gasteiger charge is -2.31. The average Bonchev–Trinajstić information content (AvgIpc) is 2.35. The minimum Gasteiger partial charge on any atom is -0.382 e. The van der Waals surface area contributed by atoms with Crippen molar-refractivity contribution in [2.75, 3.05) is 16.8 Å². The van der Waals surface area contributed by atoms with Crippen molar-refractivity contribution in [3.8, 4) is 0 Å². The Labute approximate surface area is 111 Å². The molecule has 0 amide bonds. The highest BCUT2D eigenvalue weighted by Gasteiger charge is 2.16. The maximum Gasteiger partial charge on any atom is 0.0376 e.